The van der Waals surface area contributed by atoms with Crippen LogP contribution in [0.25, 0.3) is 0 Å². The summed E-state index contributed by atoms with van der Waals surface area (Å²) in [5.41, 5.74) is 6.14. The minimum Gasteiger partial charge on any atom is -0.366 e. The topological polar surface area (TPSA) is 101 Å². The molecule has 1 heterocycles. The number of hydrogen-bond donors (Lipinski definition) is 3. The van der Waals surface area contributed by atoms with Crippen LogP contribution in [0, 0.1) is 6.92 Å². The number of rotatable bonds is 6. The van der Waals surface area contributed by atoms with Crippen molar-refractivity contribution in [1.29, 1.82) is 0 Å². The average molecular weight is 311 g/mol. The van der Waals surface area contributed by atoms with E-state index in [1.165, 1.54) is 12.1 Å². The highest BCUT2D eigenvalue weighted by molar-refractivity contribution is 7.89. The van der Waals surface area contributed by atoms with Gasteiger partial charge in [0.05, 0.1) is 4.90 Å². The van der Waals surface area contributed by atoms with E-state index in [1.807, 2.05) is 0 Å². The minimum absolute atomic E-state index is 0.0706. The maximum absolute atomic E-state index is 12.2. The monoisotopic (exact) mass is 311 g/mol. The van der Waals surface area contributed by atoms with Gasteiger partial charge in [-0.25, -0.2) is 13.1 Å². The molecule has 0 unspecified atom stereocenters. The van der Waals surface area contributed by atoms with Gasteiger partial charge in [0, 0.05) is 18.2 Å². The van der Waals surface area contributed by atoms with Crippen molar-refractivity contribution in [1.82, 2.24) is 10.0 Å². The molecule has 116 valence electrons. The highest BCUT2D eigenvalue weighted by Gasteiger charge is 2.18. The highest BCUT2D eigenvalue weighted by atomic mass is 32.2. The molecular formula is C14H21N3O3S. The number of carbonyl (C=O) groups excluding carboxylic acids is 1. The van der Waals surface area contributed by atoms with Crippen LogP contribution in [0.3, 0.4) is 0 Å². The Morgan fingerprint density at radius 3 is 2.86 bits per heavy atom. The summed E-state index contributed by atoms with van der Waals surface area (Å²) in [5, 5.41) is 3.32. The molecule has 0 bridgehead atoms. The quantitative estimate of drug-likeness (QED) is 0.712. The number of amides is 1. The van der Waals surface area contributed by atoms with Crippen LogP contribution in [0.15, 0.2) is 23.1 Å². The summed E-state index contributed by atoms with van der Waals surface area (Å²) in [5.74, 6) is -0.625. The number of hydrogen-bond acceptors (Lipinski definition) is 4. The van der Waals surface area contributed by atoms with E-state index in [0.29, 0.717) is 18.2 Å². The van der Waals surface area contributed by atoms with Crippen molar-refractivity contribution in [3.05, 3.63) is 29.3 Å². The first-order valence-corrected chi connectivity index (χ1v) is 8.52. The minimum atomic E-state index is -3.61. The van der Waals surface area contributed by atoms with Gasteiger partial charge in [-0.15, -0.1) is 0 Å². The molecule has 0 saturated carbocycles. The van der Waals surface area contributed by atoms with Crippen LogP contribution in [0.2, 0.25) is 0 Å². The lowest BCUT2D eigenvalue weighted by Gasteiger charge is -2.12. The fourth-order valence-corrected chi connectivity index (χ4v) is 3.56. The molecule has 1 aromatic rings. The van der Waals surface area contributed by atoms with E-state index in [1.54, 1.807) is 13.0 Å². The first-order valence-electron chi connectivity index (χ1n) is 7.03. The number of primary amides is 1. The molecule has 0 spiro atoms. The first kappa shape index (κ1) is 15.9. The van der Waals surface area contributed by atoms with Crippen molar-refractivity contribution >= 4 is 15.9 Å². The van der Waals surface area contributed by atoms with Crippen molar-refractivity contribution < 1.29 is 13.2 Å². The Hall–Kier alpha value is -1.44. The standard InChI is InChI=1S/C14H21N3O3S/c1-10-4-5-12(9-13(10)14(15)18)21(19,20)17-8-6-11-3-2-7-16-11/h4-5,9,11,16-17H,2-3,6-8H2,1H3,(H2,15,18)/t11-/m0/s1. The van der Waals surface area contributed by atoms with Gasteiger partial charge in [0.25, 0.3) is 0 Å². The Bertz CT molecular complexity index is 622. The SMILES string of the molecule is Cc1ccc(S(=O)(=O)NCC[C@@H]2CCCN2)cc1C(N)=O. The summed E-state index contributed by atoms with van der Waals surface area (Å²) in [4.78, 5) is 11.4. The molecule has 1 atom stereocenters. The van der Waals surface area contributed by atoms with Gasteiger partial charge in [-0.3, -0.25) is 4.79 Å². The molecule has 0 aliphatic carbocycles. The second-order valence-corrected chi connectivity index (χ2v) is 7.09. The largest absolute Gasteiger partial charge is 0.366 e. The van der Waals surface area contributed by atoms with Crippen LogP contribution in [-0.2, 0) is 10.0 Å². The lowest BCUT2D eigenvalue weighted by molar-refractivity contribution is 0.0999. The van der Waals surface area contributed by atoms with Crippen LogP contribution in [-0.4, -0.2) is 33.5 Å². The zero-order valence-corrected chi connectivity index (χ0v) is 12.9. The van der Waals surface area contributed by atoms with E-state index in [-0.39, 0.29) is 10.5 Å². The molecule has 1 aromatic carbocycles. The summed E-state index contributed by atoms with van der Waals surface area (Å²) in [6.07, 6.45) is 2.98. The molecule has 6 nitrogen and oxygen atoms in total. The first-order chi connectivity index (χ1) is 9.90. The molecule has 1 saturated heterocycles. The molecule has 0 aromatic heterocycles. The second-order valence-electron chi connectivity index (χ2n) is 5.32. The summed E-state index contributed by atoms with van der Waals surface area (Å²) in [6.45, 7) is 3.09. The number of sulfonamides is 1. The Balaban J connectivity index is 2.04. The molecule has 1 fully saturated rings. The van der Waals surface area contributed by atoms with Gasteiger partial charge in [-0.2, -0.15) is 0 Å². The lowest BCUT2D eigenvalue weighted by Crippen LogP contribution is -2.30. The van der Waals surface area contributed by atoms with Crippen molar-refractivity contribution in [2.45, 2.75) is 37.1 Å². The Kier molecular flexibility index (Phi) is 4.97. The average Bonchev–Trinajstić information content (AvgIpc) is 2.91. The number of nitrogens with one attached hydrogen (secondary N) is 2. The fraction of sp³-hybridized carbons (Fsp3) is 0.500. The number of aryl methyl sites for hydroxylation is 1. The van der Waals surface area contributed by atoms with Crippen LogP contribution in [0.1, 0.15) is 35.2 Å². The van der Waals surface area contributed by atoms with Crippen molar-refractivity contribution in [3.8, 4) is 0 Å². The summed E-state index contributed by atoms with van der Waals surface area (Å²) in [7, 11) is -3.61. The van der Waals surface area contributed by atoms with Crippen LogP contribution in [0.4, 0.5) is 0 Å². The van der Waals surface area contributed by atoms with Gasteiger partial charge in [0.1, 0.15) is 0 Å². The van der Waals surface area contributed by atoms with Gasteiger partial charge in [-0.05, 0) is 50.4 Å². The Labute approximate surface area is 125 Å². The second kappa shape index (κ2) is 6.55. The normalized spacial score (nSPS) is 18.8. The van der Waals surface area contributed by atoms with Crippen LogP contribution in [0.5, 0.6) is 0 Å². The van der Waals surface area contributed by atoms with Crippen molar-refractivity contribution in [2.24, 2.45) is 5.73 Å². The maximum Gasteiger partial charge on any atom is 0.249 e. The van der Waals surface area contributed by atoms with Gasteiger partial charge < -0.3 is 11.1 Å². The van der Waals surface area contributed by atoms with Gasteiger partial charge in [0.2, 0.25) is 15.9 Å². The zero-order valence-electron chi connectivity index (χ0n) is 12.1. The molecule has 2 rings (SSSR count). The summed E-state index contributed by atoms with van der Waals surface area (Å²) in [6, 6.07) is 4.78. The Morgan fingerprint density at radius 2 is 2.24 bits per heavy atom. The van der Waals surface area contributed by atoms with E-state index >= 15 is 0 Å². The van der Waals surface area contributed by atoms with E-state index in [0.717, 1.165) is 25.8 Å². The molecule has 0 radical (unpaired) electrons. The third-order valence-electron chi connectivity index (χ3n) is 3.73. The molecule has 1 aliphatic rings. The van der Waals surface area contributed by atoms with Crippen molar-refractivity contribution in [3.63, 3.8) is 0 Å². The van der Waals surface area contributed by atoms with Gasteiger partial charge in [-0.1, -0.05) is 6.07 Å². The number of benzene rings is 1. The smallest absolute Gasteiger partial charge is 0.249 e. The zero-order chi connectivity index (χ0) is 15.5. The van der Waals surface area contributed by atoms with E-state index in [2.05, 4.69) is 10.0 Å². The number of carbonyl (C=O) groups is 1. The van der Waals surface area contributed by atoms with Gasteiger partial charge >= 0.3 is 0 Å². The third kappa shape index (κ3) is 4.03. The number of nitrogens with two attached hydrogens (primary N) is 1. The van der Waals surface area contributed by atoms with E-state index in [9.17, 15) is 13.2 Å². The lowest BCUT2D eigenvalue weighted by atomic mass is 10.1. The van der Waals surface area contributed by atoms with E-state index < -0.39 is 15.9 Å². The van der Waals surface area contributed by atoms with Gasteiger partial charge in [0.15, 0.2) is 0 Å². The molecule has 4 N–H and O–H groups in total. The fourth-order valence-electron chi connectivity index (χ4n) is 2.49. The molecule has 1 amide bonds. The third-order valence-corrected chi connectivity index (χ3v) is 5.19. The summed E-state index contributed by atoms with van der Waals surface area (Å²) < 4.78 is 27.0. The highest BCUT2D eigenvalue weighted by Crippen LogP contribution is 2.15. The maximum atomic E-state index is 12.2. The molecule has 1 aliphatic heterocycles. The van der Waals surface area contributed by atoms with E-state index in [4.69, 9.17) is 5.73 Å². The molecular weight excluding hydrogens is 290 g/mol. The van der Waals surface area contributed by atoms with Crippen molar-refractivity contribution in [2.75, 3.05) is 13.1 Å². The summed E-state index contributed by atoms with van der Waals surface area (Å²) >= 11 is 0. The molecule has 21 heavy (non-hydrogen) atoms. The predicted octanol–water partition coefficient (Wildman–Crippen LogP) is 0.514. The predicted molar refractivity (Wildman–Crippen MR) is 80.5 cm³/mol. The Morgan fingerprint density at radius 1 is 1.48 bits per heavy atom. The molecule has 7 heteroatoms. The van der Waals surface area contributed by atoms with Crippen LogP contribution < -0.4 is 15.8 Å². The van der Waals surface area contributed by atoms with Crippen LogP contribution >= 0.6 is 0 Å².